The third-order valence-electron chi connectivity index (χ3n) is 4.24. The van der Waals surface area contributed by atoms with E-state index in [0.29, 0.717) is 36.0 Å². The molecule has 1 unspecified atom stereocenters. The Hall–Kier alpha value is -2.70. The molecule has 1 aliphatic rings. The van der Waals surface area contributed by atoms with Crippen molar-refractivity contribution < 1.29 is 23.8 Å². The molecule has 0 aromatic heterocycles. The Morgan fingerprint density at radius 3 is 2.46 bits per heavy atom. The summed E-state index contributed by atoms with van der Waals surface area (Å²) < 4.78 is 16.7. The molecule has 154 valence electrons. The van der Waals surface area contributed by atoms with Gasteiger partial charge in [-0.2, -0.15) is 0 Å². The maximum Gasteiger partial charge on any atom is 0.338 e. The van der Waals surface area contributed by atoms with E-state index in [1.54, 1.807) is 6.92 Å². The summed E-state index contributed by atoms with van der Waals surface area (Å²) in [6.45, 7) is 10.8. The second kappa shape index (κ2) is 10.0. The van der Waals surface area contributed by atoms with Gasteiger partial charge in [0, 0.05) is 5.70 Å². The molecule has 0 aliphatic carbocycles. The highest BCUT2D eigenvalue weighted by atomic mass is 16.5. The fourth-order valence-corrected chi connectivity index (χ4v) is 3.03. The van der Waals surface area contributed by atoms with Gasteiger partial charge in [0.15, 0.2) is 11.5 Å². The van der Waals surface area contributed by atoms with Crippen molar-refractivity contribution >= 4 is 12.0 Å². The van der Waals surface area contributed by atoms with Crippen LogP contribution < -0.4 is 20.1 Å². The van der Waals surface area contributed by atoms with Crippen molar-refractivity contribution in [3.63, 3.8) is 0 Å². The Morgan fingerprint density at radius 1 is 1.11 bits per heavy atom. The number of esters is 1. The van der Waals surface area contributed by atoms with Crippen LogP contribution in [0.5, 0.6) is 11.5 Å². The molecule has 0 saturated carbocycles. The summed E-state index contributed by atoms with van der Waals surface area (Å²) in [5, 5.41) is 5.59. The van der Waals surface area contributed by atoms with E-state index in [1.807, 2.05) is 45.9 Å². The Morgan fingerprint density at radius 2 is 1.86 bits per heavy atom. The van der Waals surface area contributed by atoms with Gasteiger partial charge >= 0.3 is 12.0 Å². The van der Waals surface area contributed by atoms with Crippen molar-refractivity contribution in [1.29, 1.82) is 0 Å². The Kier molecular flexibility index (Phi) is 7.72. The zero-order valence-corrected chi connectivity index (χ0v) is 17.3. The number of nitrogens with one attached hydrogen (secondary N) is 2. The number of allylic oxidation sites excluding steroid dienone is 1. The van der Waals surface area contributed by atoms with Crippen molar-refractivity contribution in [2.24, 2.45) is 5.92 Å². The average molecular weight is 390 g/mol. The van der Waals surface area contributed by atoms with Gasteiger partial charge in [-0.1, -0.05) is 26.8 Å². The molecule has 1 aromatic rings. The van der Waals surface area contributed by atoms with Crippen LogP contribution in [-0.4, -0.2) is 31.8 Å². The standard InChI is InChI=1S/C21H30N2O5/c1-6-11-28-15-10-9-14(12-16(15)26-7-2)19-17(20(24)27-8-3)18(13(4)5)22-21(25)23-19/h9-10,12-13,19H,6-8,11H2,1-5H3,(H2,22,23,25). The van der Waals surface area contributed by atoms with Crippen LogP contribution in [0, 0.1) is 5.92 Å². The van der Waals surface area contributed by atoms with E-state index >= 15 is 0 Å². The Labute approximate surface area is 166 Å². The summed E-state index contributed by atoms with van der Waals surface area (Å²) in [6, 6.07) is 4.46. The SMILES string of the molecule is CCCOc1ccc(C2NC(=O)NC(C(C)C)=C2C(=O)OCC)cc1OCC. The van der Waals surface area contributed by atoms with Gasteiger partial charge in [0.1, 0.15) is 0 Å². The topological polar surface area (TPSA) is 85.9 Å². The highest BCUT2D eigenvalue weighted by Crippen LogP contribution is 2.36. The summed E-state index contributed by atoms with van der Waals surface area (Å²) in [4.78, 5) is 24.9. The lowest BCUT2D eigenvalue weighted by atomic mass is 9.91. The molecule has 2 rings (SSSR count). The number of benzene rings is 1. The first-order valence-corrected chi connectivity index (χ1v) is 9.81. The molecule has 0 radical (unpaired) electrons. The molecule has 2 amide bonds. The summed E-state index contributed by atoms with van der Waals surface area (Å²) in [5.74, 6) is 0.716. The molecule has 2 N–H and O–H groups in total. The lowest BCUT2D eigenvalue weighted by Gasteiger charge is -2.31. The maximum absolute atomic E-state index is 12.7. The molecular formula is C21H30N2O5. The average Bonchev–Trinajstić information content (AvgIpc) is 2.66. The zero-order chi connectivity index (χ0) is 20.7. The van der Waals surface area contributed by atoms with Gasteiger partial charge in [0.25, 0.3) is 0 Å². The summed E-state index contributed by atoms with van der Waals surface area (Å²) >= 11 is 0. The first kappa shape index (κ1) is 21.6. The van der Waals surface area contributed by atoms with Crippen molar-refractivity contribution in [2.45, 2.75) is 47.1 Å². The van der Waals surface area contributed by atoms with Gasteiger partial charge < -0.3 is 24.8 Å². The minimum Gasteiger partial charge on any atom is -0.490 e. The van der Waals surface area contributed by atoms with Crippen LogP contribution in [0.2, 0.25) is 0 Å². The van der Waals surface area contributed by atoms with E-state index in [4.69, 9.17) is 14.2 Å². The molecule has 1 aliphatic heterocycles. The fraction of sp³-hybridized carbons (Fsp3) is 0.524. The Bertz CT molecular complexity index is 742. The third-order valence-corrected chi connectivity index (χ3v) is 4.24. The number of amides is 2. The minimum atomic E-state index is -0.635. The summed E-state index contributed by atoms with van der Waals surface area (Å²) in [7, 11) is 0. The number of carbonyl (C=O) groups is 2. The first-order chi connectivity index (χ1) is 13.4. The highest BCUT2D eigenvalue weighted by molar-refractivity contribution is 5.95. The minimum absolute atomic E-state index is 0.0496. The number of urea groups is 1. The van der Waals surface area contributed by atoms with Crippen LogP contribution in [0.3, 0.4) is 0 Å². The molecule has 1 atom stereocenters. The lowest BCUT2D eigenvalue weighted by Crippen LogP contribution is -2.47. The predicted octanol–water partition coefficient (Wildman–Crippen LogP) is 3.70. The monoisotopic (exact) mass is 390 g/mol. The quantitative estimate of drug-likeness (QED) is 0.628. The van der Waals surface area contributed by atoms with Gasteiger partial charge in [-0.15, -0.1) is 0 Å². The van der Waals surface area contributed by atoms with Crippen LogP contribution in [0.4, 0.5) is 4.79 Å². The van der Waals surface area contributed by atoms with E-state index in [2.05, 4.69) is 10.6 Å². The molecule has 1 heterocycles. The first-order valence-electron chi connectivity index (χ1n) is 9.81. The van der Waals surface area contributed by atoms with Crippen molar-refractivity contribution in [1.82, 2.24) is 10.6 Å². The van der Waals surface area contributed by atoms with E-state index in [1.165, 1.54) is 0 Å². The summed E-state index contributed by atoms with van der Waals surface area (Å²) in [6.07, 6.45) is 0.880. The molecule has 0 bridgehead atoms. The molecule has 0 spiro atoms. The van der Waals surface area contributed by atoms with Crippen LogP contribution in [0.15, 0.2) is 29.5 Å². The second-order valence-electron chi connectivity index (χ2n) is 6.72. The largest absolute Gasteiger partial charge is 0.490 e. The van der Waals surface area contributed by atoms with Crippen LogP contribution in [0.25, 0.3) is 0 Å². The predicted molar refractivity (Wildman–Crippen MR) is 106 cm³/mol. The van der Waals surface area contributed by atoms with Gasteiger partial charge in [-0.25, -0.2) is 9.59 Å². The maximum atomic E-state index is 12.7. The van der Waals surface area contributed by atoms with Crippen LogP contribution >= 0.6 is 0 Å². The molecule has 0 fully saturated rings. The molecule has 7 heteroatoms. The number of rotatable bonds is 9. The van der Waals surface area contributed by atoms with Gasteiger partial charge in [0.05, 0.1) is 31.4 Å². The number of ether oxygens (including phenoxy) is 3. The second-order valence-corrected chi connectivity index (χ2v) is 6.72. The molecular weight excluding hydrogens is 360 g/mol. The third kappa shape index (κ3) is 4.97. The lowest BCUT2D eigenvalue weighted by molar-refractivity contribution is -0.139. The van der Waals surface area contributed by atoms with E-state index < -0.39 is 12.0 Å². The van der Waals surface area contributed by atoms with Gasteiger partial charge in [-0.05, 0) is 43.9 Å². The van der Waals surface area contributed by atoms with Crippen LogP contribution in [-0.2, 0) is 9.53 Å². The van der Waals surface area contributed by atoms with Crippen LogP contribution in [0.1, 0.15) is 52.6 Å². The normalized spacial score (nSPS) is 16.5. The molecule has 28 heavy (non-hydrogen) atoms. The molecule has 0 saturated heterocycles. The van der Waals surface area contributed by atoms with E-state index in [0.717, 1.165) is 12.0 Å². The molecule has 1 aromatic carbocycles. The van der Waals surface area contributed by atoms with Crippen molar-refractivity contribution in [3.05, 3.63) is 35.0 Å². The number of hydrogen-bond acceptors (Lipinski definition) is 5. The number of hydrogen-bond donors (Lipinski definition) is 2. The summed E-state index contributed by atoms with van der Waals surface area (Å²) in [5.41, 5.74) is 1.70. The molecule has 7 nitrogen and oxygen atoms in total. The Balaban J connectivity index is 2.52. The van der Waals surface area contributed by atoms with Gasteiger partial charge in [0.2, 0.25) is 0 Å². The number of carbonyl (C=O) groups excluding carboxylic acids is 2. The zero-order valence-electron chi connectivity index (χ0n) is 17.3. The van der Waals surface area contributed by atoms with Crippen molar-refractivity contribution in [3.8, 4) is 11.5 Å². The van der Waals surface area contributed by atoms with E-state index in [-0.39, 0.29) is 18.6 Å². The highest BCUT2D eigenvalue weighted by Gasteiger charge is 2.35. The van der Waals surface area contributed by atoms with Gasteiger partial charge in [-0.3, -0.25) is 0 Å². The fourth-order valence-electron chi connectivity index (χ4n) is 3.03. The smallest absolute Gasteiger partial charge is 0.338 e. The van der Waals surface area contributed by atoms with Crippen molar-refractivity contribution in [2.75, 3.05) is 19.8 Å². The van der Waals surface area contributed by atoms with E-state index in [9.17, 15) is 9.59 Å².